The standard InChI is InChI=1S/C14H23/c1-4-7-12-10-13(8-5-2)14(11-12)9-6-3/h10-11H,4-9H2,1-3H3. The SMILES string of the molecule is CCCC1=CC(CCC)=C(CCC)[CH]1. The second-order valence-electron chi connectivity index (χ2n) is 4.16. The molecule has 1 aliphatic carbocycles. The molecule has 0 aromatic carbocycles. The van der Waals surface area contributed by atoms with Crippen molar-refractivity contribution in [2.45, 2.75) is 59.3 Å². The fraction of sp³-hybridized carbons (Fsp3) is 0.643. The minimum absolute atomic E-state index is 1.25. The molecule has 0 heteroatoms. The third-order valence-corrected chi connectivity index (χ3v) is 2.71. The minimum atomic E-state index is 1.25. The summed E-state index contributed by atoms with van der Waals surface area (Å²) in [5.74, 6) is 0. The van der Waals surface area contributed by atoms with Crippen molar-refractivity contribution in [3.05, 3.63) is 29.2 Å². The van der Waals surface area contributed by atoms with E-state index in [0.717, 1.165) is 0 Å². The predicted octanol–water partition coefficient (Wildman–Crippen LogP) is 4.83. The number of rotatable bonds is 6. The summed E-state index contributed by atoms with van der Waals surface area (Å²) >= 11 is 0. The van der Waals surface area contributed by atoms with Crippen LogP contribution in [0.4, 0.5) is 0 Å². The van der Waals surface area contributed by atoms with Crippen LogP contribution in [0.15, 0.2) is 22.8 Å². The van der Waals surface area contributed by atoms with E-state index in [0.29, 0.717) is 0 Å². The van der Waals surface area contributed by atoms with Gasteiger partial charge in [-0.3, -0.25) is 0 Å². The van der Waals surface area contributed by atoms with E-state index in [1.165, 1.54) is 38.5 Å². The van der Waals surface area contributed by atoms with Gasteiger partial charge in [-0.05, 0) is 24.8 Å². The van der Waals surface area contributed by atoms with Gasteiger partial charge in [-0.25, -0.2) is 0 Å². The predicted molar refractivity (Wildman–Crippen MR) is 64.1 cm³/mol. The van der Waals surface area contributed by atoms with Crippen LogP contribution < -0.4 is 0 Å². The van der Waals surface area contributed by atoms with Crippen molar-refractivity contribution in [2.24, 2.45) is 0 Å². The third kappa shape index (κ3) is 3.01. The Labute approximate surface area is 89.1 Å². The van der Waals surface area contributed by atoms with Gasteiger partial charge in [0.25, 0.3) is 0 Å². The lowest BCUT2D eigenvalue weighted by Crippen LogP contribution is -1.86. The zero-order chi connectivity index (χ0) is 10.4. The first-order valence-corrected chi connectivity index (χ1v) is 6.09. The van der Waals surface area contributed by atoms with Gasteiger partial charge in [0.15, 0.2) is 0 Å². The van der Waals surface area contributed by atoms with Gasteiger partial charge in [0.1, 0.15) is 0 Å². The van der Waals surface area contributed by atoms with Crippen LogP contribution in [0.25, 0.3) is 0 Å². The van der Waals surface area contributed by atoms with E-state index in [-0.39, 0.29) is 0 Å². The van der Waals surface area contributed by atoms with E-state index in [1.54, 1.807) is 16.7 Å². The largest absolute Gasteiger partial charge is 0.0651 e. The Kier molecular flexibility index (Phi) is 5.00. The van der Waals surface area contributed by atoms with Gasteiger partial charge < -0.3 is 0 Å². The van der Waals surface area contributed by atoms with Crippen molar-refractivity contribution in [2.75, 3.05) is 0 Å². The summed E-state index contributed by atoms with van der Waals surface area (Å²) in [6.07, 6.45) is 12.4. The molecule has 0 aromatic rings. The Morgan fingerprint density at radius 1 is 0.786 bits per heavy atom. The highest BCUT2D eigenvalue weighted by Crippen LogP contribution is 2.32. The molecule has 0 unspecified atom stereocenters. The van der Waals surface area contributed by atoms with Gasteiger partial charge in [0.2, 0.25) is 0 Å². The summed E-state index contributed by atoms with van der Waals surface area (Å²) in [5.41, 5.74) is 4.77. The highest BCUT2D eigenvalue weighted by molar-refractivity contribution is 5.47. The van der Waals surface area contributed by atoms with Gasteiger partial charge >= 0.3 is 0 Å². The van der Waals surface area contributed by atoms with Crippen LogP contribution in [0.3, 0.4) is 0 Å². The molecule has 0 bridgehead atoms. The van der Waals surface area contributed by atoms with E-state index < -0.39 is 0 Å². The maximum absolute atomic E-state index is 2.43. The fourth-order valence-corrected chi connectivity index (χ4v) is 2.11. The molecule has 0 saturated heterocycles. The average Bonchev–Trinajstić information content (AvgIpc) is 2.50. The van der Waals surface area contributed by atoms with Crippen molar-refractivity contribution in [1.82, 2.24) is 0 Å². The van der Waals surface area contributed by atoms with Crippen molar-refractivity contribution < 1.29 is 0 Å². The van der Waals surface area contributed by atoms with Gasteiger partial charge in [0.05, 0.1) is 0 Å². The maximum atomic E-state index is 2.43. The molecule has 0 saturated carbocycles. The first-order valence-electron chi connectivity index (χ1n) is 6.09. The normalized spacial score (nSPS) is 16.4. The molecular formula is C14H23. The Morgan fingerprint density at radius 3 is 1.93 bits per heavy atom. The molecule has 0 amide bonds. The van der Waals surface area contributed by atoms with Crippen LogP contribution in [0, 0.1) is 6.42 Å². The first-order chi connectivity index (χ1) is 6.81. The second-order valence-corrected chi connectivity index (χ2v) is 4.16. The Hall–Kier alpha value is -0.520. The summed E-state index contributed by atoms with van der Waals surface area (Å²) < 4.78 is 0. The monoisotopic (exact) mass is 191 g/mol. The second kappa shape index (κ2) is 6.06. The van der Waals surface area contributed by atoms with Crippen LogP contribution in [-0.2, 0) is 0 Å². The van der Waals surface area contributed by atoms with E-state index >= 15 is 0 Å². The van der Waals surface area contributed by atoms with Crippen LogP contribution in [0.5, 0.6) is 0 Å². The molecule has 0 N–H and O–H groups in total. The third-order valence-electron chi connectivity index (χ3n) is 2.71. The van der Waals surface area contributed by atoms with Crippen molar-refractivity contribution in [1.29, 1.82) is 0 Å². The molecule has 1 radical (unpaired) electrons. The molecule has 14 heavy (non-hydrogen) atoms. The summed E-state index contributed by atoms with van der Waals surface area (Å²) in [6.45, 7) is 6.79. The van der Waals surface area contributed by atoms with Gasteiger partial charge in [-0.1, -0.05) is 57.3 Å². The highest BCUT2D eigenvalue weighted by atomic mass is 14.2. The molecule has 0 aliphatic heterocycles. The summed E-state index contributed by atoms with van der Waals surface area (Å²) in [4.78, 5) is 0. The van der Waals surface area contributed by atoms with E-state index in [2.05, 4.69) is 33.3 Å². The van der Waals surface area contributed by atoms with Crippen molar-refractivity contribution >= 4 is 0 Å². The average molecular weight is 191 g/mol. The van der Waals surface area contributed by atoms with E-state index in [1.807, 2.05) is 0 Å². The first kappa shape index (κ1) is 11.6. The fourth-order valence-electron chi connectivity index (χ4n) is 2.11. The quantitative estimate of drug-likeness (QED) is 0.564. The smallest absolute Gasteiger partial charge is 0.0119 e. The molecule has 1 rings (SSSR count). The summed E-state index contributed by atoms with van der Waals surface area (Å²) in [5, 5.41) is 0. The molecule has 0 atom stereocenters. The maximum Gasteiger partial charge on any atom is 0.0119 e. The lowest BCUT2D eigenvalue weighted by Gasteiger charge is -2.04. The van der Waals surface area contributed by atoms with Crippen LogP contribution >= 0.6 is 0 Å². The lowest BCUT2D eigenvalue weighted by molar-refractivity contribution is 0.866. The van der Waals surface area contributed by atoms with E-state index in [9.17, 15) is 0 Å². The number of hydrogen-bond donors (Lipinski definition) is 0. The van der Waals surface area contributed by atoms with E-state index in [4.69, 9.17) is 0 Å². The molecule has 0 nitrogen and oxygen atoms in total. The Balaban J connectivity index is 2.59. The summed E-state index contributed by atoms with van der Waals surface area (Å²) in [7, 11) is 0. The molecule has 0 fully saturated rings. The van der Waals surface area contributed by atoms with Crippen LogP contribution in [0.1, 0.15) is 59.3 Å². The minimum Gasteiger partial charge on any atom is -0.0651 e. The zero-order valence-corrected chi connectivity index (χ0v) is 9.90. The van der Waals surface area contributed by atoms with Gasteiger partial charge in [-0.2, -0.15) is 0 Å². The van der Waals surface area contributed by atoms with Crippen molar-refractivity contribution in [3.63, 3.8) is 0 Å². The molecule has 0 spiro atoms. The van der Waals surface area contributed by atoms with Crippen molar-refractivity contribution in [3.8, 4) is 0 Å². The number of hydrogen-bond acceptors (Lipinski definition) is 0. The Morgan fingerprint density at radius 2 is 1.36 bits per heavy atom. The van der Waals surface area contributed by atoms with Gasteiger partial charge in [-0.15, -0.1) is 0 Å². The number of allylic oxidation sites excluding steroid dienone is 4. The molecule has 0 aromatic heterocycles. The molecule has 1 aliphatic rings. The lowest BCUT2D eigenvalue weighted by atomic mass is 10.0. The van der Waals surface area contributed by atoms with Gasteiger partial charge in [0, 0.05) is 6.42 Å². The topological polar surface area (TPSA) is 0 Å². The highest BCUT2D eigenvalue weighted by Gasteiger charge is 2.13. The molecular weight excluding hydrogens is 168 g/mol. The summed E-state index contributed by atoms with van der Waals surface area (Å²) in [6, 6.07) is 0. The van der Waals surface area contributed by atoms with Crippen LogP contribution in [-0.4, -0.2) is 0 Å². The zero-order valence-electron chi connectivity index (χ0n) is 9.90. The molecule has 79 valence electrons. The van der Waals surface area contributed by atoms with Crippen LogP contribution in [0.2, 0.25) is 0 Å². The Bertz CT molecular complexity index is 230. The molecule has 0 heterocycles.